The van der Waals surface area contributed by atoms with Crippen molar-refractivity contribution in [2.24, 2.45) is 23.3 Å². The van der Waals surface area contributed by atoms with Gasteiger partial charge in [-0.3, -0.25) is 14.4 Å². The molecule has 0 saturated carbocycles. The SMILES string of the molecule is CC(C)CC(N)C(=O)NC(CO)C(=O)NC(C(=O)NC(CCCCN)C(=O)O)C(C)C. The Morgan fingerprint density at radius 1 is 0.871 bits per heavy atom. The first-order chi connectivity index (χ1) is 14.4. The fourth-order valence-corrected chi connectivity index (χ4v) is 2.89. The van der Waals surface area contributed by atoms with Gasteiger partial charge in [0.25, 0.3) is 0 Å². The number of rotatable bonds is 15. The summed E-state index contributed by atoms with van der Waals surface area (Å²) >= 11 is 0. The van der Waals surface area contributed by atoms with Gasteiger partial charge >= 0.3 is 5.97 Å². The molecule has 31 heavy (non-hydrogen) atoms. The maximum atomic E-state index is 12.6. The van der Waals surface area contributed by atoms with Gasteiger partial charge in [0.15, 0.2) is 0 Å². The van der Waals surface area contributed by atoms with Crippen LogP contribution < -0.4 is 27.4 Å². The van der Waals surface area contributed by atoms with Crippen molar-refractivity contribution in [1.82, 2.24) is 16.0 Å². The second-order valence-electron chi connectivity index (χ2n) is 8.39. The molecular formula is C20H39N5O6. The van der Waals surface area contributed by atoms with E-state index in [1.165, 1.54) is 0 Å². The zero-order chi connectivity index (χ0) is 24.1. The van der Waals surface area contributed by atoms with Crippen molar-refractivity contribution in [1.29, 1.82) is 0 Å². The first-order valence-electron chi connectivity index (χ1n) is 10.6. The monoisotopic (exact) mass is 445 g/mol. The van der Waals surface area contributed by atoms with E-state index in [1.54, 1.807) is 13.8 Å². The van der Waals surface area contributed by atoms with Crippen LogP contribution in [0.1, 0.15) is 53.4 Å². The lowest BCUT2D eigenvalue weighted by Gasteiger charge is -2.26. The van der Waals surface area contributed by atoms with Crippen LogP contribution in [0.2, 0.25) is 0 Å². The molecule has 180 valence electrons. The van der Waals surface area contributed by atoms with E-state index in [-0.39, 0.29) is 18.3 Å². The Labute approximate surface area is 183 Å². The summed E-state index contributed by atoms with van der Waals surface area (Å²) in [4.78, 5) is 48.8. The van der Waals surface area contributed by atoms with Gasteiger partial charge in [0.2, 0.25) is 17.7 Å². The summed E-state index contributed by atoms with van der Waals surface area (Å²) in [6.07, 6.45) is 1.77. The lowest BCUT2D eigenvalue weighted by atomic mass is 10.0. The van der Waals surface area contributed by atoms with Gasteiger partial charge in [-0.1, -0.05) is 27.7 Å². The molecule has 0 aromatic heterocycles. The average Bonchev–Trinajstić information content (AvgIpc) is 2.67. The minimum Gasteiger partial charge on any atom is -0.480 e. The standard InChI is InChI=1S/C20H39N5O6/c1-11(2)9-13(22)17(27)24-15(10-26)18(28)25-16(12(3)4)19(29)23-14(20(30)31)7-5-6-8-21/h11-16,26H,5-10,21-22H2,1-4H3,(H,23,29)(H,24,27)(H,25,28)(H,30,31). The Balaban J connectivity index is 5.11. The molecule has 4 unspecified atom stereocenters. The van der Waals surface area contributed by atoms with Gasteiger partial charge in [-0.15, -0.1) is 0 Å². The summed E-state index contributed by atoms with van der Waals surface area (Å²) in [7, 11) is 0. The molecule has 11 heteroatoms. The van der Waals surface area contributed by atoms with Crippen LogP contribution >= 0.6 is 0 Å². The fraction of sp³-hybridized carbons (Fsp3) is 0.800. The van der Waals surface area contributed by atoms with Gasteiger partial charge in [0.1, 0.15) is 18.1 Å². The molecule has 0 fully saturated rings. The van der Waals surface area contributed by atoms with Gasteiger partial charge in [0.05, 0.1) is 12.6 Å². The molecule has 0 aliphatic rings. The lowest BCUT2D eigenvalue weighted by molar-refractivity contribution is -0.143. The number of nitrogens with one attached hydrogen (secondary N) is 3. The molecule has 4 atom stereocenters. The highest BCUT2D eigenvalue weighted by Crippen LogP contribution is 2.07. The van der Waals surface area contributed by atoms with Gasteiger partial charge in [0, 0.05) is 0 Å². The van der Waals surface area contributed by atoms with E-state index in [0.717, 1.165) is 0 Å². The predicted octanol–water partition coefficient (Wildman–Crippen LogP) is -1.32. The van der Waals surface area contributed by atoms with Crippen LogP contribution in [0, 0.1) is 11.8 Å². The quantitative estimate of drug-likeness (QED) is 0.150. The van der Waals surface area contributed by atoms with Crippen LogP contribution in [0.3, 0.4) is 0 Å². The summed E-state index contributed by atoms with van der Waals surface area (Å²) in [6, 6.07) is -4.30. The van der Waals surface area contributed by atoms with Crippen molar-refractivity contribution in [2.45, 2.75) is 77.5 Å². The topological polar surface area (TPSA) is 197 Å². The maximum absolute atomic E-state index is 12.6. The van der Waals surface area contributed by atoms with E-state index in [9.17, 15) is 29.4 Å². The normalized spacial score (nSPS) is 15.1. The largest absolute Gasteiger partial charge is 0.480 e. The van der Waals surface area contributed by atoms with Crippen molar-refractivity contribution in [3.8, 4) is 0 Å². The van der Waals surface area contributed by atoms with Crippen molar-refractivity contribution in [2.75, 3.05) is 13.2 Å². The smallest absolute Gasteiger partial charge is 0.326 e. The summed E-state index contributed by atoms with van der Waals surface area (Å²) in [5, 5.41) is 26.2. The summed E-state index contributed by atoms with van der Waals surface area (Å²) < 4.78 is 0. The second kappa shape index (κ2) is 14.7. The third-order valence-electron chi connectivity index (χ3n) is 4.69. The van der Waals surface area contributed by atoms with E-state index < -0.39 is 54.5 Å². The molecule has 0 bridgehead atoms. The third-order valence-corrected chi connectivity index (χ3v) is 4.69. The maximum Gasteiger partial charge on any atom is 0.326 e. The van der Waals surface area contributed by atoms with E-state index in [1.807, 2.05) is 13.8 Å². The molecule has 0 aliphatic carbocycles. The van der Waals surface area contributed by atoms with Gasteiger partial charge in [-0.05, 0) is 44.1 Å². The van der Waals surface area contributed by atoms with Gasteiger partial charge in [-0.25, -0.2) is 4.79 Å². The zero-order valence-corrected chi connectivity index (χ0v) is 18.9. The highest BCUT2D eigenvalue weighted by Gasteiger charge is 2.31. The van der Waals surface area contributed by atoms with Gasteiger partial charge in [-0.2, -0.15) is 0 Å². The molecule has 0 rings (SSSR count). The van der Waals surface area contributed by atoms with Crippen LogP contribution in [-0.4, -0.2) is 71.2 Å². The van der Waals surface area contributed by atoms with E-state index in [0.29, 0.717) is 25.8 Å². The zero-order valence-electron chi connectivity index (χ0n) is 18.9. The molecule has 0 aliphatic heterocycles. The number of hydrogen-bond donors (Lipinski definition) is 7. The highest BCUT2D eigenvalue weighted by atomic mass is 16.4. The Kier molecular flexibility index (Phi) is 13.6. The average molecular weight is 446 g/mol. The van der Waals surface area contributed by atoms with Crippen molar-refractivity contribution < 1.29 is 29.4 Å². The number of unbranched alkanes of at least 4 members (excludes halogenated alkanes) is 1. The number of amides is 3. The Hall–Kier alpha value is -2.24. The molecule has 0 spiro atoms. The van der Waals surface area contributed by atoms with Gasteiger partial charge < -0.3 is 37.6 Å². The molecular weight excluding hydrogens is 406 g/mol. The third kappa shape index (κ3) is 11.1. The molecule has 0 radical (unpaired) electrons. The number of carboxylic acid groups (broad SMARTS) is 1. The number of aliphatic hydroxyl groups is 1. The molecule has 0 aromatic rings. The van der Waals surface area contributed by atoms with Crippen molar-refractivity contribution in [3.05, 3.63) is 0 Å². The minimum absolute atomic E-state index is 0.170. The number of nitrogens with two attached hydrogens (primary N) is 2. The van der Waals surface area contributed by atoms with E-state index in [2.05, 4.69) is 16.0 Å². The fourth-order valence-electron chi connectivity index (χ4n) is 2.89. The summed E-state index contributed by atoms with van der Waals surface area (Å²) in [6.45, 7) is 6.89. The minimum atomic E-state index is -1.29. The Morgan fingerprint density at radius 3 is 1.90 bits per heavy atom. The summed E-state index contributed by atoms with van der Waals surface area (Å²) in [5.41, 5.74) is 11.2. The number of carboxylic acids is 1. The Bertz CT molecular complexity index is 599. The molecule has 0 heterocycles. The van der Waals surface area contributed by atoms with Crippen LogP contribution in [-0.2, 0) is 19.2 Å². The molecule has 11 nitrogen and oxygen atoms in total. The van der Waals surface area contributed by atoms with Crippen molar-refractivity contribution in [3.63, 3.8) is 0 Å². The first-order valence-corrected chi connectivity index (χ1v) is 10.6. The molecule has 9 N–H and O–H groups in total. The number of carbonyl (C=O) groups is 4. The molecule has 3 amide bonds. The molecule has 0 aromatic carbocycles. The highest BCUT2D eigenvalue weighted by molar-refractivity contribution is 5.94. The number of aliphatic hydroxyl groups excluding tert-OH is 1. The van der Waals surface area contributed by atoms with Crippen molar-refractivity contribution >= 4 is 23.7 Å². The number of hydrogen-bond acceptors (Lipinski definition) is 7. The van der Waals surface area contributed by atoms with Crippen LogP contribution in [0.5, 0.6) is 0 Å². The van der Waals surface area contributed by atoms with E-state index >= 15 is 0 Å². The number of aliphatic carboxylic acids is 1. The van der Waals surface area contributed by atoms with Crippen LogP contribution in [0.4, 0.5) is 0 Å². The Morgan fingerprint density at radius 2 is 1.45 bits per heavy atom. The number of carbonyl (C=O) groups excluding carboxylic acids is 3. The predicted molar refractivity (Wildman–Crippen MR) is 116 cm³/mol. The summed E-state index contributed by atoms with van der Waals surface area (Å²) in [5.74, 6) is -3.40. The van der Waals surface area contributed by atoms with Crippen LogP contribution in [0.25, 0.3) is 0 Å². The van der Waals surface area contributed by atoms with E-state index in [4.69, 9.17) is 11.5 Å². The first kappa shape index (κ1) is 28.8. The second-order valence-corrected chi connectivity index (χ2v) is 8.39. The van der Waals surface area contributed by atoms with Crippen LogP contribution in [0.15, 0.2) is 0 Å². The lowest BCUT2D eigenvalue weighted by Crippen LogP contribution is -2.59. The molecule has 0 saturated heterocycles.